The van der Waals surface area contributed by atoms with Crippen molar-refractivity contribution in [3.63, 3.8) is 0 Å². The molecule has 1 aliphatic rings. The van der Waals surface area contributed by atoms with Crippen LogP contribution in [0.1, 0.15) is 13.3 Å². The molecule has 84 valence electrons. The van der Waals surface area contributed by atoms with E-state index in [1.165, 1.54) is 0 Å². The van der Waals surface area contributed by atoms with Gasteiger partial charge in [0.05, 0.1) is 0 Å². The summed E-state index contributed by atoms with van der Waals surface area (Å²) < 4.78 is 0. The molecule has 1 N–H and O–H groups in total. The van der Waals surface area contributed by atoms with Crippen LogP contribution < -0.4 is 5.32 Å². The molecular formula is C12H21N3. The smallest absolute Gasteiger partial charge is 0.0342 e. The summed E-state index contributed by atoms with van der Waals surface area (Å²) in [6.45, 7) is 10.4. The number of piperazine rings is 1. The Kier molecular flexibility index (Phi) is 5.12. The van der Waals surface area contributed by atoms with Gasteiger partial charge in [-0.3, -0.25) is 4.99 Å². The summed E-state index contributed by atoms with van der Waals surface area (Å²) in [6.07, 6.45) is 5.10. The molecule has 0 unspecified atom stereocenters. The largest absolute Gasteiger partial charge is 0.369 e. The zero-order valence-corrected chi connectivity index (χ0v) is 9.79. The van der Waals surface area contributed by atoms with Gasteiger partial charge in [0.1, 0.15) is 0 Å². The lowest BCUT2D eigenvalue weighted by atomic mass is 10.2. The lowest BCUT2D eigenvalue weighted by molar-refractivity contribution is 0.308. The maximum Gasteiger partial charge on any atom is 0.0342 e. The second-order valence-corrected chi connectivity index (χ2v) is 3.63. The number of aliphatic imine (C=N–C) groups is 1. The Morgan fingerprint density at radius 1 is 1.40 bits per heavy atom. The van der Waals surface area contributed by atoms with Crippen LogP contribution in [0.15, 0.2) is 29.4 Å². The first-order valence-corrected chi connectivity index (χ1v) is 5.56. The molecule has 0 aromatic carbocycles. The van der Waals surface area contributed by atoms with Crippen molar-refractivity contribution in [1.29, 1.82) is 0 Å². The van der Waals surface area contributed by atoms with E-state index in [9.17, 15) is 0 Å². The van der Waals surface area contributed by atoms with Gasteiger partial charge < -0.3 is 10.2 Å². The molecule has 3 nitrogen and oxygen atoms in total. The zero-order valence-electron chi connectivity index (χ0n) is 9.79. The molecule has 3 heteroatoms. The van der Waals surface area contributed by atoms with Gasteiger partial charge in [-0.2, -0.15) is 0 Å². The van der Waals surface area contributed by atoms with Crippen LogP contribution in [0.2, 0.25) is 0 Å². The van der Waals surface area contributed by atoms with E-state index in [4.69, 9.17) is 0 Å². The Balaban J connectivity index is 2.46. The molecule has 0 radical (unpaired) electrons. The van der Waals surface area contributed by atoms with Gasteiger partial charge in [-0.15, -0.1) is 0 Å². The Morgan fingerprint density at radius 2 is 2.07 bits per heavy atom. The van der Waals surface area contributed by atoms with Crippen LogP contribution in [-0.2, 0) is 0 Å². The highest BCUT2D eigenvalue weighted by Crippen LogP contribution is 2.05. The van der Waals surface area contributed by atoms with Gasteiger partial charge in [0.2, 0.25) is 0 Å². The summed E-state index contributed by atoms with van der Waals surface area (Å²) >= 11 is 0. The number of allylic oxidation sites excluding steroid dienone is 2. The van der Waals surface area contributed by atoms with Crippen molar-refractivity contribution in [2.24, 2.45) is 4.99 Å². The van der Waals surface area contributed by atoms with E-state index in [2.05, 4.69) is 40.9 Å². The predicted molar refractivity (Wildman–Crippen MR) is 66.4 cm³/mol. The molecule has 1 saturated heterocycles. The Labute approximate surface area is 92.6 Å². The van der Waals surface area contributed by atoms with E-state index in [0.29, 0.717) is 0 Å². The fraction of sp³-hybridized carbons (Fsp3) is 0.583. The first-order chi connectivity index (χ1) is 7.27. The van der Waals surface area contributed by atoms with E-state index >= 15 is 0 Å². The lowest BCUT2D eigenvalue weighted by Crippen LogP contribution is -2.42. The molecule has 1 heterocycles. The SMILES string of the molecule is C=C(/C=C\C(CC)=NC)N1CCNCC1. The average molecular weight is 207 g/mol. The minimum Gasteiger partial charge on any atom is -0.369 e. The van der Waals surface area contributed by atoms with Crippen molar-refractivity contribution in [2.75, 3.05) is 33.2 Å². The number of nitrogens with one attached hydrogen (secondary N) is 1. The summed E-state index contributed by atoms with van der Waals surface area (Å²) in [6, 6.07) is 0. The maximum atomic E-state index is 4.18. The topological polar surface area (TPSA) is 27.6 Å². The van der Waals surface area contributed by atoms with Crippen LogP contribution >= 0.6 is 0 Å². The minimum atomic E-state index is 0.974. The molecule has 15 heavy (non-hydrogen) atoms. The number of rotatable bonds is 4. The number of hydrogen-bond acceptors (Lipinski definition) is 3. The van der Waals surface area contributed by atoms with Gasteiger partial charge in [-0.05, 0) is 18.6 Å². The maximum absolute atomic E-state index is 4.18. The molecule has 0 amide bonds. The molecule has 0 saturated carbocycles. The van der Waals surface area contributed by atoms with Gasteiger partial charge in [-0.25, -0.2) is 0 Å². The third-order valence-electron chi connectivity index (χ3n) is 2.64. The van der Waals surface area contributed by atoms with Crippen molar-refractivity contribution in [3.8, 4) is 0 Å². The Hall–Kier alpha value is -1.09. The molecule has 0 spiro atoms. The predicted octanol–water partition coefficient (Wildman–Crippen LogP) is 1.44. The van der Waals surface area contributed by atoms with E-state index in [1.54, 1.807) is 0 Å². The average Bonchev–Trinajstić information content (AvgIpc) is 2.31. The molecule has 1 rings (SSSR count). The summed E-state index contributed by atoms with van der Waals surface area (Å²) in [7, 11) is 1.83. The summed E-state index contributed by atoms with van der Waals surface area (Å²) in [4.78, 5) is 6.48. The number of nitrogens with zero attached hydrogens (tertiary/aromatic N) is 2. The van der Waals surface area contributed by atoms with Gasteiger partial charge >= 0.3 is 0 Å². The van der Waals surface area contributed by atoms with E-state index in [0.717, 1.165) is 44.0 Å². The lowest BCUT2D eigenvalue weighted by Gasteiger charge is -2.29. The summed E-state index contributed by atoms with van der Waals surface area (Å²) in [5.41, 5.74) is 2.21. The van der Waals surface area contributed by atoms with E-state index in [-0.39, 0.29) is 0 Å². The van der Waals surface area contributed by atoms with Crippen LogP contribution in [0.4, 0.5) is 0 Å². The van der Waals surface area contributed by atoms with Crippen LogP contribution in [0.25, 0.3) is 0 Å². The first-order valence-electron chi connectivity index (χ1n) is 5.56. The fourth-order valence-electron chi connectivity index (χ4n) is 1.60. The van der Waals surface area contributed by atoms with E-state index < -0.39 is 0 Å². The van der Waals surface area contributed by atoms with Gasteiger partial charge in [0.15, 0.2) is 0 Å². The molecule has 0 bridgehead atoms. The molecule has 0 aromatic heterocycles. The van der Waals surface area contributed by atoms with Crippen LogP contribution in [-0.4, -0.2) is 43.8 Å². The molecule has 0 aliphatic carbocycles. The van der Waals surface area contributed by atoms with Gasteiger partial charge in [0.25, 0.3) is 0 Å². The van der Waals surface area contributed by atoms with Gasteiger partial charge in [0, 0.05) is 44.6 Å². The van der Waals surface area contributed by atoms with Crippen LogP contribution in [0.5, 0.6) is 0 Å². The quantitative estimate of drug-likeness (QED) is 0.558. The normalized spacial score (nSPS) is 18.5. The fourth-order valence-corrected chi connectivity index (χ4v) is 1.60. The monoisotopic (exact) mass is 207 g/mol. The van der Waals surface area contributed by atoms with E-state index in [1.807, 2.05) is 7.05 Å². The highest BCUT2D eigenvalue weighted by Gasteiger charge is 2.08. The third-order valence-corrected chi connectivity index (χ3v) is 2.64. The highest BCUT2D eigenvalue weighted by molar-refractivity contribution is 5.94. The second-order valence-electron chi connectivity index (χ2n) is 3.63. The molecule has 1 fully saturated rings. The molecule has 1 aliphatic heterocycles. The summed E-state index contributed by atoms with van der Waals surface area (Å²) in [5.74, 6) is 0. The first kappa shape index (κ1) is 12.0. The van der Waals surface area contributed by atoms with Crippen LogP contribution in [0, 0.1) is 0 Å². The number of hydrogen-bond donors (Lipinski definition) is 1. The molecular weight excluding hydrogens is 186 g/mol. The van der Waals surface area contributed by atoms with Gasteiger partial charge in [-0.1, -0.05) is 13.5 Å². The molecule has 0 atom stereocenters. The highest BCUT2D eigenvalue weighted by atomic mass is 15.2. The van der Waals surface area contributed by atoms with Crippen molar-refractivity contribution in [3.05, 3.63) is 24.4 Å². The van der Waals surface area contributed by atoms with Crippen molar-refractivity contribution < 1.29 is 0 Å². The van der Waals surface area contributed by atoms with Crippen molar-refractivity contribution in [1.82, 2.24) is 10.2 Å². The Morgan fingerprint density at radius 3 is 2.60 bits per heavy atom. The minimum absolute atomic E-state index is 0.974. The van der Waals surface area contributed by atoms with Crippen molar-refractivity contribution >= 4 is 5.71 Å². The Bertz CT molecular complexity index is 260. The van der Waals surface area contributed by atoms with Crippen LogP contribution in [0.3, 0.4) is 0 Å². The summed E-state index contributed by atoms with van der Waals surface area (Å²) in [5, 5.41) is 3.33. The zero-order chi connectivity index (χ0) is 11.1. The standard InChI is InChI=1S/C12H21N3/c1-4-12(13-3)6-5-11(2)15-9-7-14-8-10-15/h5-6,14H,2,4,7-10H2,1,3H3/b6-5-,13-12?. The second kappa shape index (κ2) is 6.40. The third kappa shape index (κ3) is 3.88. The van der Waals surface area contributed by atoms with Crippen molar-refractivity contribution in [2.45, 2.75) is 13.3 Å². The molecule has 0 aromatic rings.